The summed E-state index contributed by atoms with van der Waals surface area (Å²) in [5, 5.41) is 8.33. The molecular weight excluding hydrogens is 234 g/mol. The SMILES string of the molecule is CCc1cc(CC(N)c2cnns2)n(CC)n1. The van der Waals surface area contributed by atoms with Gasteiger partial charge in [0.1, 0.15) is 0 Å². The van der Waals surface area contributed by atoms with Crippen LogP contribution >= 0.6 is 11.5 Å². The number of nitrogens with two attached hydrogens (primary N) is 1. The van der Waals surface area contributed by atoms with Crippen LogP contribution in [0.5, 0.6) is 0 Å². The summed E-state index contributed by atoms with van der Waals surface area (Å²) in [5.74, 6) is 0. The van der Waals surface area contributed by atoms with E-state index in [4.69, 9.17) is 5.73 Å². The lowest BCUT2D eigenvalue weighted by molar-refractivity contribution is 0.588. The molecule has 92 valence electrons. The number of hydrogen-bond acceptors (Lipinski definition) is 5. The van der Waals surface area contributed by atoms with E-state index in [2.05, 4.69) is 34.6 Å². The molecule has 2 aromatic heterocycles. The Bertz CT molecular complexity index is 462. The maximum atomic E-state index is 6.14. The Labute approximate surface area is 105 Å². The molecule has 2 heterocycles. The van der Waals surface area contributed by atoms with E-state index in [0.29, 0.717) is 0 Å². The first-order chi connectivity index (χ1) is 8.24. The van der Waals surface area contributed by atoms with Crippen molar-refractivity contribution in [3.05, 3.63) is 28.5 Å². The average molecular weight is 251 g/mol. The van der Waals surface area contributed by atoms with Gasteiger partial charge in [0.05, 0.1) is 16.8 Å². The summed E-state index contributed by atoms with van der Waals surface area (Å²) >= 11 is 1.36. The molecule has 0 saturated carbocycles. The Hall–Kier alpha value is -1.27. The van der Waals surface area contributed by atoms with Crippen LogP contribution in [0.4, 0.5) is 0 Å². The van der Waals surface area contributed by atoms with Crippen LogP contribution in [-0.2, 0) is 19.4 Å². The van der Waals surface area contributed by atoms with Gasteiger partial charge in [0.2, 0.25) is 0 Å². The molecule has 0 radical (unpaired) electrons. The Morgan fingerprint density at radius 2 is 2.29 bits per heavy atom. The van der Waals surface area contributed by atoms with Gasteiger partial charge in [0.15, 0.2) is 0 Å². The van der Waals surface area contributed by atoms with Crippen LogP contribution in [0, 0.1) is 0 Å². The third-order valence-corrected chi connectivity index (χ3v) is 3.54. The van der Waals surface area contributed by atoms with E-state index in [1.807, 2.05) is 4.68 Å². The average Bonchev–Trinajstić information content (AvgIpc) is 2.97. The van der Waals surface area contributed by atoms with Crippen molar-refractivity contribution in [1.82, 2.24) is 19.4 Å². The van der Waals surface area contributed by atoms with Gasteiger partial charge in [0.25, 0.3) is 0 Å². The molecule has 2 N–H and O–H groups in total. The Morgan fingerprint density at radius 1 is 1.47 bits per heavy atom. The zero-order valence-electron chi connectivity index (χ0n) is 10.1. The first-order valence-corrected chi connectivity index (χ1v) is 6.60. The lowest BCUT2D eigenvalue weighted by atomic mass is 10.1. The molecule has 1 atom stereocenters. The van der Waals surface area contributed by atoms with Gasteiger partial charge in [-0.2, -0.15) is 5.10 Å². The molecule has 0 aromatic carbocycles. The molecule has 0 aliphatic rings. The molecule has 0 spiro atoms. The van der Waals surface area contributed by atoms with Crippen molar-refractivity contribution in [3.63, 3.8) is 0 Å². The van der Waals surface area contributed by atoms with E-state index >= 15 is 0 Å². The molecule has 5 nitrogen and oxygen atoms in total. The Morgan fingerprint density at radius 3 is 2.88 bits per heavy atom. The third-order valence-electron chi connectivity index (χ3n) is 2.75. The largest absolute Gasteiger partial charge is 0.323 e. The van der Waals surface area contributed by atoms with Crippen molar-refractivity contribution < 1.29 is 0 Å². The van der Waals surface area contributed by atoms with Crippen molar-refractivity contribution >= 4 is 11.5 Å². The molecular formula is C11H17N5S. The van der Waals surface area contributed by atoms with E-state index in [1.54, 1.807) is 6.20 Å². The van der Waals surface area contributed by atoms with Crippen LogP contribution in [0.25, 0.3) is 0 Å². The van der Waals surface area contributed by atoms with Gasteiger partial charge in [-0.25, -0.2) is 0 Å². The van der Waals surface area contributed by atoms with Crippen LogP contribution in [0.2, 0.25) is 0 Å². The lowest BCUT2D eigenvalue weighted by Gasteiger charge is -2.09. The third kappa shape index (κ3) is 2.70. The van der Waals surface area contributed by atoms with Crippen molar-refractivity contribution in [2.75, 3.05) is 0 Å². The minimum atomic E-state index is -0.0401. The molecule has 0 aliphatic carbocycles. The molecule has 6 heteroatoms. The van der Waals surface area contributed by atoms with Gasteiger partial charge in [-0.3, -0.25) is 4.68 Å². The number of nitrogens with zero attached hydrogens (tertiary/aromatic N) is 4. The monoisotopic (exact) mass is 251 g/mol. The predicted molar refractivity (Wildman–Crippen MR) is 67.8 cm³/mol. The van der Waals surface area contributed by atoms with Crippen LogP contribution < -0.4 is 5.73 Å². The minimum absolute atomic E-state index is 0.0401. The highest BCUT2D eigenvalue weighted by atomic mass is 32.1. The van der Waals surface area contributed by atoms with Gasteiger partial charge >= 0.3 is 0 Å². The number of hydrogen-bond donors (Lipinski definition) is 1. The second-order valence-corrected chi connectivity index (χ2v) is 4.74. The second-order valence-electron chi connectivity index (χ2n) is 3.93. The van der Waals surface area contributed by atoms with E-state index in [9.17, 15) is 0 Å². The molecule has 0 bridgehead atoms. The molecule has 17 heavy (non-hydrogen) atoms. The summed E-state index contributed by atoms with van der Waals surface area (Å²) in [6.45, 7) is 5.08. The van der Waals surface area contributed by atoms with Crippen LogP contribution in [-0.4, -0.2) is 19.4 Å². The Kier molecular flexibility index (Phi) is 3.86. The second kappa shape index (κ2) is 5.37. The highest BCUT2D eigenvalue weighted by molar-refractivity contribution is 7.05. The molecule has 1 unspecified atom stereocenters. The molecule has 2 aromatic rings. The lowest BCUT2D eigenvalue weighted by Crippen LogP contribution is -2.15. The van der Waals surface area contributed by atoms with Crippen molar-refractivity contribution in [1.29, 1.82) is 0 Å². The van der Waals surface area contributed by atoms with Crippen molar-refractivity contribution in [2.24, 2.45) is 5.73 Å². The molecule has 0 saturated heterocycles. The van der Waals surface area contributed by atoms with Crippen molar-refractivity contribution in [2.45, 2.75) is 39.3 Å². The maximum absolute atomic E-state index is 6.14. The van der Waals surface area contributed by atoms with E-state index < -0.39 is 0 Å². The zero-order valence-corrected chi connectivity index (χ0v) is 10.9. The Balaban J connectivity index is 2.15. The van der Waals surface area contributed by atoms with Gasteiger partial charge in [0, 0.05) is 24.7 Å². The summed E-state index contributed by atoms with van der Waals surface area (Å²) in [7, 11) is 0. The first-order valence-electron chi connectivity index (χ1n) is 5.83. The van der Waals surface area contributed by atoms with Gasteiger partial charge in [-0.1, -0.05) is 11.4 Å². The molecule has 0 fully saturated rings. The highest BCUT2D eigenvalue weighted by Gasteiger charge is 2.13. The highest BCUT2D eigenvalue weighted by Crippen LogP contribution is 2.18. The zero-order chi connectivity index (χ0) is 12.3. The maximum Gasteiger partial charge on any atom is 0.0669 e. The normalized spacial score (nSPS) is 12.9. The van der Waals surface area contributed by atoms with Crippen LogP contribution in [0.1, 0.15) is 36.2 Å². The molecule has 0 aliphatic heterocycles. The summed E-state index contributed by atoms with van der Waals surface area (Å²) < 4.78 is 5.86. The van der Waals surface area contributed by atoms with E-state index in [-0.39, 0.29) is 6.04 Å². The quantitative estimate of drug-likeness (QED) is 0.875. The van der Waals surface area contributed by atoms with E-state index in [0.717, 1.165) is 30.0 Å². The number of rotatable bonds is 5. The topological polar surface area (TPSA) is 69.6 Å². The standard InChI is InChI=1S/C11H17N5S/c1-3-8-5-9(16(4-2)14-8)6-10(12)11-7-13-15-17-11/h5,7,10H,3-4,6,12H2,1-2H3. The van der Waals surface area contributed by atoms with Crippen molar-refractivity contribution in [3.8, 4) is 0 Å². The first kappa shape index (κ1) is 12.2. The number of aryl methyl sites for hydroxylation is 2. The number of aromatic nitrogens is 4. The fraction of sp³-hybridized carbons (Fsp3) is 0.545. The minimum Gasteiger partial charge on any atom is -0.323 e. The summed E-state index contributed by atoms with van der Waals surface area (Å²) in [5.41, 5.74) is 8.44. The summed E-state index contributed by atoms with van der Waals surface area (Å²) in [4.78, 5) is 1.02. The van der Waals surface area contributed by atoms with Gasteiger partial charge in [-0.15, -0.1) is 5.10 Å². The molecule has 2 rings (SSSR count). The fourth-order valence-corrected chi connectivity index (χ4v) is 2.29. The summed E-state index contributed by atoms with van der Waals surface area (Å²) in [6, 6.07) is 2.10. The predicted octanol–water partition coefficient (Wildman–Crippen LogP) is 1.56. The van der Waals surface area contributed by atoms with Gasteiger partial charge in [-0.05, 0) is 30.9 Å². The summed E-state index contributed by atoms with van der Waals surface area (Å²) in [6.07, 6.45) is 3.48. The fourth-order valence-electron chi connectivity index (χ4n) is 1.79. The smallest absolute Gasteiger partial charge is 0.0669 e. The van der Waals surface area contributed by atoms with Crippen LogP contribution in [0.15, 0.2) is 12.3 Å². The molecule has 0 amide bonds. The van der Waals surface area contributed by atoms with E-state index in [1.165, 1.54) is 17.2 Å². The van der Waals surface area contributed by atoms with Crippen LogP contribution in [0.3, 0.4) is 0 Å². The van der Waals surface area contributed by atoms with Gasteiger partial charge < -0.3 is 5.73 Å².